The Bertz CT molecular complexity index is 2520. The Morgan fingerprint density at radius 3 is 2.24 bits per heavy atom. The van der Waals surface area contributed by atoms with Crippen LogP contribution in [0, 0.1) is 12.1 Å². The smallest absolute Gasteiger partial charge is 0.121 e. The Kier molecular flexibility index (Phi) is 7.50. The summed E-state index contributed by atoms with van der Waals surface area (Å²) < 4.78 is 86.9. The summed E-state index contributed by atoms with van der Waals surface area (Å²) in [6.45, 7) is 0.685. The fraction of sp³-hybridized carbons (Fsp3) is 0.227. The van der Waals surface area contributed by atoms with E-state index in [2.05, 4.69) is 47.8 Å². The molecule has 7 rings (SSSR count). The van der Waals surface area contributed by atoms with Gasteiger partial charge in [0.2, 0.25) is 0 Å². The van der Waals surface area contributed by atoms with E-state index in [9.17, 15) is 0 Å². The first-order valence-corrected chi connectivity index (χ1v) is 19.3. The van der Waals surface area contributed by atoms with Gasteiger partial charge in [-0.3, -0.25) is 0 Å². The maximum absolute atomic E-state index is 8.44. The fourth-order valence-corrected chi connectivity index (χ4v) is 7.29. The Labute approximate surface area is 320 Å². The van der Waals surface area contributed by atoms with E-state index in [4.69, 9.17) is 18.1 Å². The van der Waals surface area contributed by atoms with Gasteiger partial charge in [-0.05, 0) is 56.7 Å². The molecule has 3 heterocycles. The Balaban J connectivity index is 0.000000267. The number of nitrogens with zero attached hydrogens (tertiary/aromatic N) is 2. The number of hydrogen-bond acceptors (Lipinski definition) is 3. The van der Waals surface area contributed by atoms with Gasteiger partial charge in [0.15, 0.2) is 0 Å². The van der Waals surface area contributed by atoms with Crippen LogP contribution in [0.25, 0.3) is 55.6 Å². The molecule has 4 aromatic carbocycles. The quantitative estimate of drug-likeness (QED) is 0.128. The largest absolute Gasteiger partial charge is 0.501 e. The summed E-state index contributed by atoms with van der Waals surface area (Å²) in [4.78, 5) is 8.92. The third-order valence-corrected chi connectivity index (χ3v) is 10.2. The van der Waals surface area contributed by atoms with Crippen LogP contribution in [0.5, 0.6) is 0 Å². The molecule has 0 unspecified atom stereocenters. The SMILES string of the molecule is [2H]C(C)(C)c1cc(-c2[c-]cccc2)ncc1[Si](C)(C)C.[2H]C([2H])([2H])C(c1ccnc(-c2[c-]ccc3c2oc2cc(-c4ccccc4)ccc23)c1)(C([2H])([2H])[2H])C([2H])([2H])[2H].[Ir]. The number of hydrogen-bond donors (Lipinski definition) is 0. The van der Waals surface area contributed by atoms with Crippen LogP contribution in [0.15, 0.2) is 120 Å². The van der Waals surface area contributed by atoms with Crippen molar-refractivity contribution < 1.29 is 38.2 Å². The minimum atomic E-state index is -3.37. The Hall–Kier alpha value is -4.15. The van der Waals surface area contributed by atoms with Gasteiger partial charge in [-0.1, -0.05) is 125 Å². The molecule has 1 radical (unpaired) electrons. The summed E-state index contributed by atoms with van der Waals surface area (Å²) in [6, 6.07) is 37.7. The van der Waals surface area contributed by atoms with E-state index in [1.807, 2.05) is 98.9 Å². The molecule has 5 heteroatoms. The van der Waals surface area contributed by atoms with Crippen molar-refractivity contribution in [3.63, 3.8) is 0 Å². The van der Waals surface area contributed by atoms with Gasteiger partial charge in [0.1, 0.15) is 5.58 Å². The fourth-order valence-electron chi connectivity index (χ4n) is 5.71. The molecule has 0 fully saturated rings. The minimum Gasteiger partial charge on any atom is -0.501 e. The molecule has 0 saturated carbocycles. The molecule has 7 aromatic rings. The molecule has 0 spiro atoms. The van der Waals surface area contributed by atoms with Gasteiger partial charge in [0, 0.05) is 51.6 Å². The number of furan rings is 1. The Morgan fingerprint density at radius 1 is 0.776 bits per heavy atom. The van der Waals surface area contributed by atoms with Crippen molar-refractivity contribution in [3.05, 3.63) is 139 Å². The molecule has 0 aliphatic carbocycles. The zero-order valence-corrected chi connectivity index (χ0v) is 31.5. The van der Waals surface area contributed by atoms with Crippen molar-refractivity contribution in [2.24, 2.45) is 0 Å². The maximum Gasteiger partial charge on any atom is 0.121 e. The second-order valence-corrected chi connectivity index (χ2v) is 18.1. The van der Waals surface area contributed by atoms with Crippen LogP contribution in [0.2, 0.25) is 19.6 Å². The number of aromatic nitrogens is 2. The number of rotatable bonds is 5. The van der Waals surface area contributed by atoms with Crippen LogP contribution >= 0.6 is 0 Å². The van der Waals surface area contributed by atoms with Gasteiger partial charge in [-0.25, -0.2) is 0 Å². The third-order valence-electron chi connectivity index (χ3n) is 8.23. The second kappa shape index (κ2) is 14.8. The van der Waals surface area contributed by atoms with Crippen LogP contribution in [0.4, 0.5) is 0 Å². The summed E-state index contributed by atoms with van der Waals surface area (Å²) in [7, 11) is -1.50. The minimum absolute atomic E-state index is 0. The molecule has 0 N–H and O–H groups in total. The molecule has 49 heavy (non-hydrogen) atoms. The molecule has 0 saturated heterocycles. The molecule has 0 bridgehead atoms. The average molecular weight is 847 g/mol. The topological polar surface area (TPSA) is 38.9 Å². The standard InChI is InChI=1S/C27H22NO.C17H22NSi.Ir/c1-27(2,3)20-14-15-28-24(17-20)23-11-7-10-22-21-13-12-19(16-25(21)29-26(22)23)18-8-5-4-6-9-18;1-13(2)15-11-16(14-9-7-6-8-10-14)18-12-17(15)19(3,4)5;/h4-10,12-17H,1-3H3;6-9,11-13H,1-5H3;/q2*-1;/i1D3,2D3,3D3;13D;. The normalized spacial score (nSPS) is 15.7. The van der Waals surface area contributed by atoms with E-state index in [0.29, 0.717) is 16.7 Å². The molecule has 0 aliphatic rings. The second-order valence-electron chi connectivity index (χ2n) is 13.1. The molecule has 251 valence electrons. The van der Waals surface area contributed by atoms with Gasteiger partial charge >= 0.3 is 0 Å². The van der Waals surface area contributed by atoms with Crippen LogP contribution in [-0.4, -0.2) is 18.0 Å². The van der Waals surface area contributed by atoms with E-state index >= 15 is 0 Å². The molecular weight excluding hydrogens is 793 g/mol. The first kappa shape index (κ1) is 24.9. The monoisotopic (exact) mass is 847 g/mol. The number of fused-ring (bicyclic) bond motifs is 3. The van der Waals surface area contributed by atoms with E-state index in [-0.39, 0.29) is 31.4 Å². The predicted molar refractivity (Wildman–Crippen MR) is 206 cm³/mol. The van der Waals surface area contributed by atoms with E-state index in [1.54, 1.807) is 6.07 Å². The third kappa shape index (κ3) is 8.02. The predicted octanol–water partition coefficient (Wildman–Crippen LogP) is 11.6. The van der Waals surface area contributed by atoms with Crippen LogP contribution in [0.3, 0.4) is 0 Å². The molecule has 3 nitrogen and oxygen atoms in total. The number of benzene rings is 4. The average Bonchev–Trinajstić information content (AvgIpc) is 3.52. The van der Waals surface area contributed by atoms with E-state index in [1.165, 1.54) is 17.4 Å². The van der Waals surface area contributed by atoms with Gasteiger partial charge < -0.3 is 14.4 Å². The van der Waals surface area contributed by atoms with E-state index < -0.39 is 39.9 Å². The van der Waals surface area contributed by atoms with Gasteiger partial charge in [0.05, 0.1) is 13.7 Å². The molecule has 0 amide bonds. The van der Waals surface area contributed by atoms with Crippen molar-refractivity contribution in [1.29, 1.82) is 0 Å². The van der Waals surface area contributed by atoms with Crippen molar-refractivity contribution in [2.45, 2.75) is 65.4 Å². The van der Waals surface area contributed by atoms with Crippen LogP contribution < -0.4 is 5.19 Å². The van der Waals surface area contributed by atoms with Crippen LogP contribution in [0.1, 0.15) is 65.1 Å². The van der Waals surface area contributed by atoms with Crippen LogP contribution in [-0.2, 0) is 25.5 Å². The summed E-state index contributed by atoms with van der Waals surface area (Å²) >= 11 is 0. The van der Waals surface area contributed by atoms with Gasteiger partial charge in [-0.2, -0.15) is 0 Å². The van der Waals surface area contributed by atoms with Crippen molar-refractivity contribution in [1.82, 2.24) is 9.97 Å². The van der Waals surface area contributed by atoms with Crippen molar-refractivity contribution in [3.8, 4) is 33.6 Å². The van der Waals surface area contributed by atoms with Crippen molar-refractivity contribution >= 4 is 35.2 Å². The van der Waals surface area contributed by atoms with Crippen molar-refractivity contribution in [2.75, 3.05) is 0 Å². The summed E-state index contributed by atoms with van der Waals surface area (Å²) in [5.74, 6) is -0.609. The zero-order chi connectivity index (χ0) is 42.5. The van der Waals surface area contributed by atoms with Gasteiger partial charge in [-0.15, -0.1) is 54.1 Å². The first-order valence-electron chi connectivity index (χ1n) is 20.8. The summed E-state index contributed by atoms with van der Waals surface area (Å²) in [5, 5.41) is 2.87. The Morgan fingerprint density at radius 2 is 1.55 bits per heavy atom. The summed E-state index contributed by atoms with van der Waals surface area (Å²) in [5.41, 5.74) is 3.00. The summed E-state index contributed by atoms with van der Waals surface area (Å²) in [6.07, 6.45) is 3.19. The molecule has 0 atom stereocenters. The van der Waals surface area contributed by atoms with Gasteiger partial charge in [0.25, 0.3) is 0 Å². The maximum atomic E-state index is 8.44. The molecule has 3 aromatic heterocycles. The first-order chi connectivity index (χ1) is 26.9. The zero-order valence-electron chi connectivity index (χ0n) is 38.1. The number of pyridine rings is 2. The molecular formula is C44H44IrN2OSi-2. The molecule has 0 aliphatic heterocycles. The van der Waals surface area contributed by atoms with E-state index in [0.717, 1.165) is 44.8 Å².